The average molecular weight is 438 g/mol. The summed E-state index contributed by atoms with van der Waals surface area (Å²) in [6, 6.07) is 12.6. The highest BCUT2D eigenvalue weighted by Crippen LogP contribution is 2.31. The molecule has 10 heteroatoms. The van der Waals surface area contributed by atoms with Crippen LogP contribution in [-0.4, -0.2) is 26.3 Å². The Morgan fingerprint density at radius 2 is 1.80 bits per heavy atom. The molecule has 0 spiro atoms. The minimum atomic E-state index is -4.69. The van der Waals surface area contributed by atoms with Crippen molar-refractivity contribution >= 4 is 21.6 Å². The number of rotatable bonds is 6. The maximum atomic E-state index is 12.9. The van der Waals surface area contributed by atoms with Gasteiger partial charge in [0.1, 0.15) is 5.76 Å². The van der Waals surface area contributed by atoms with E-state index in [4.69, 9.17) is 4.42 Å². The summed E-state index contributed by atoms with van der Waals surface area (Å²) in [4.78, 5) is 13.6. The van der Waals surface area contributed by atoms with Crippen molar-refractivity contribution in [3.8, 4) is 0 Å². The number of sulfonamides is 1. The summed E-state index contributed by atoms with van der Waals surface area (Å²) in [6.07, 6.45) is -3.22. The third-order valence-electron chi connectivity index (χ3n) is 4.19. The van der Waals surface area contributed by atoms with Crippen molar-refractivity contribution in [2.24, 2.45) is 0 Å². The van der Waals surface area contributed by atoms with E-state index in [9.17, 15) is 26.4 Å². The highest BCUT2D eigenvalue weighted by molar-refractivity contribution is 7.92. The molecule has 0 bridgehead atoms. The van der Waals surface area contributed by atoms with Crippen LogP contribution in [0.4, 0.5) is 18.9 Å². The molecular weight excluding hydrogens is 421 g/mol. The molecule has 0 fully saturated rings. The molecule has 0 saturated heterocycles. The predicted molar refractivity (Wildman–Crippen MR) is 103 cm³/mol. The quantitative estimate of drug-likeness (QED) is 0.620. The lowest BCUT2D eigenvalue weighted by Crippen LogP contribution is -2.27. The fourth-order valence-electron chi connectivity index (χ4n) is 2.72. The number of amides is 1. The van der Waals surface area contributed by atoms with Gasteiger partial charge in [-0.2, -0.15) is 13.2 Å². The Hall–Kier alpha value is -3.27. The summed E-state index contributed by atoms with van der Waals surface area (Å²) in [5.74, 6) is 0.0432. The summed E-state index contributed by atoms with van der Waals surface area (Å²) in [7, 11) is -2.85. The Bertz CT molecular complexity index is 1140. The second-order valence-corrected chi connectivity index (χ2v) is 8.10. The van der Waals surface area contributed by atoms with Gasteiger partial charge < -0.3 is 9.32 Å². The number of anilines is 1. The third kappa shape index (κ3) is 4.82. The van der Waals surface area contributed by atoms with Crippen LogP contribution in [0.1, 0.15) is 21.7 Å². The van der Waals surface area contributed by atoms with Gasteiger partial charge in [-0.3, -0.25) is 9.52 Å². The van der Waals surface area contributed by atoms with Crippen LogP contribution in [0.2, 0.25) is 0 Å². The van der Waals surface area contributed by atoms with Crippen molar-refractivity contribution in [1.82, 2.24) is 4.90 Å². The van der Waals surface area contributed by atoms with E-state index in [1.807, 2.05) is 0 Å². The minimum absolute atomic E-state index is 0.0436. The number of furan rings is 1. The zero-order valence-electron chi connectivity index (χ0n) is 15.7. The molecule has 1 amide bonds. The Balaban J connectivity index is 1.88. The van der Waals surface area contributed by atoms with Gasteiger partial charge in [-0.25, -0.2) is 8.42 Å². The van der Waals surface area contributed by atoms with Crippen LogP contribution in [0.25, 0.3) is 0 Å². The van der Waals surface area contributed by atoms with Crippen LogP contribution in [0.3, 0.4) is 0 Å². The maximum absolute atomic E-state index is 12.9. The Kier molecular flexibility index (Phi) is 5.88. The van der Waals surface area contributed by atoms with E-state index in [1.165, 1.54) is 36.4 Å². The number of carbonyl (C=O) groups is 1. The normalized spacial score (nSPS) is 11.9. The predicted octanol–water partition coefficient (Wildman–Crippen LogP) is 4.37. The summed E-state index contributed by atoms with van der Waals surface area (Å²) in [5.41, 5.74) is -1.10. The van der Waals surface area contributed by atoms with E-state index < -0.39 is 32.6 Å². The molecule has 1 aromatic heterocycles. The van der Waals surface area contributed by atoms with Crippen LogP contribution in [0.15, 0.2) is 76.2 Å². The second kappa shape index (κ2) is 8.23. The van der Waals surface area contributed by atoms with Gasteiger partial charge in [-0.1, -0.05) is 18.2 Å². The van der Waals surface area contributed by atoms with Crippen LogP contribution in [-0.2, 0) is 22.7 Å². The number of para-hydroxylation sites is 1. The third-order valence-corrected chi connectivity index (χ3v) is 5.56. The second-order valence-electron chi connectivity index (χ2n) is 6.42. The molecule has 0 atom stereocenters. The molecule has 158 valence electrons. The number of alkyl halides is 3. The zero-order chi connectivity index (χ0) is 21.9. The standard InChI is InChI=1S/C20H17F3N2O4S/c1-25(13-15-7-5-11-29-15)19(26)17-9-2-3-10-18(17)24-30(27,28)16-8-4-6-14(12-16)20(21,22)23/h2-12,24H,13H2,1H3. The van der Waals surface area contributed by atoms with Crippen molar-refractivity contribution < 1.29 is 30.8 Å². The fourth-order valence-corrected chi connectivity index (χ4v) is 3.84. The lowest BCUT2D eigenvalue weighted by molar-refractivity contribution is -0.137. The summed E-state index contributed by atoms with van der Waals surface area (Å²) >= 11 is 0. The Morgan fingerprint density at radius 3 is 2.47 bits per heavy atom. The number of hydrogen-bond donors (Lipinski definition) is 1. The van der Waals surface area contributed by atoms with E-state index in [1.54, 1.807) is 18.2 Å². The molecule has 0 radical (unpaired) electrons. The van der Waals surface area contributed by atoms with Gasteiger partial charge in [0.25, 0.3) is 15.9 Å². The number of benzene rings is 2. The van der Waals surface area contributed by atoms with E-state index in [0.29, 0.717) is 11.8 Å². The van der Waals surface area contributed by atoms with Crippen molar-refractivity contribution in [2.75, 3.05) is 11.8 Å². The van der Waals surface area contributed by atoms with Gasteiger partial charge in [0.2, 0.25) is 0 Å². The van der Waals surface area contributed by atoms with Gasteiger partial charge in [0.05, 0.1) is 34.5 Å². The largest absolute Gasteiger partial charge is 0.467 e. The number of carbonyl (C=O) groups excluding carboxylic acids is 1. The SMILES string of the molecule is CN(Cc1ccco1)C(=O)c1ccccc1NS(=O)(=O)c1cccc(C(F)(F)F)c1. The van der Waals surface area contributed by atoms with Crippen LogP contribution in [0.5, 0.6) is 0 Å². The molecule has 6 nitrogen and oxygen atoms in total. The molecule has 3 rings (SSSR count). The smallest absolute Gasteiger partial charge is 0.416 e. The van der Waals surface area contributed by atoms with Crippen molar-refractivity contribution in [2.45, 2.75) is 17.6 Å². The first-order valence-electron chi connectivity index (χ1n) is 8.65. The van der Waals surface area contributed by atoms with Crippen molar-refractivity contribution in [3.63, 3.8) is 0 Å². The molecule has 1 N–H and O–H groups in total. The molecule has 0 unspecified atom stereocenters. The van der Waals surface area contributed by atoms with E-state index in [2.05, 4.69) is 4.72 Å². The fraction of sp³-hybridized carbons (Fsp3) is 0.150. The summed E-state index contributed by atoms with van der Waals surface area (Å²) in [6.45, 7) is 0.153. The Labute approximate surface area is 171 Å². The number of hydrogen-bond acceptors (Lipinski definition) is 4. The molecule has 0 aliphatic rings. The molecule has 2 aromatic carbocycles. The zero-order valence-corrected chi connectivity index (χ0v) is 16.5. The number of nitrogens with zero attached hydrogens (tertiary/aromatic N) is 1. The lowest BCUT2D eigenvalue weighted by atomic mass is 10.1. The maximum Gasteiger partial charge on any atom is 0.416 e. The molecule has 0 saturated carbocycles. The number of halogens is 3. The molecular formula is C20H17F3N2O4S. The van der Waals surface area contributed by atoms with Gasteiger partial charge in [0, 0.05) is 7.05 Å². The summed E-state index contributed by atoms with van der Waals surface area (Å²) in [5, 5.41) is 0. The van der Waals surface area contributed by atoms with Gasteiger partial charge in [0.15, 0.2) is 0 Å². The highest BCUT2D eigenvalue weighted by Gasteiger charge is 2.32. The highest BCUT2D eigenvalue weighted by atomic mass is 32.2. The molecule has 30 heavy (non-hydrogen) atoms. The van der Waals surface area contributed by atoms with E-state index >= 15 is 0 Å². The van der Waals surface area contributed by atoms with Crippen LogP contribution < -0.4 is 4.72 Å². The topological polar surface area (TPSA) is 79.6 Å². The number of nitrogens with one attached hydrogen (secondary N) is 1. The van der Waals surface area contributed by atoms with Crippen molar-refractivity contribution in [1.29, 1.82) is 0 Å². The summed E-state index contributed by atoms with van der Waals surface area (Å²) < 4.78 is 71.5. The molecule has 3 aromatic rings. The monoisotopic (exact) mass is 438 g/mol. The first-order valence-corrected chi connectivity index (χ1v) is 10.1. The first-order chi connectivity index (χ1) is 14.1. The molecule has 0 aliphatic carbocycles. The molecule has 0 aliphatic heterocycles. The van der Waals surface area contributed by atoms with E-state index in [-0.39, 0.29) is 17.8 Å². The Morgan fingerprint density at radius 1 is 1.07 bits per heavy atom. The minimum Gasteiger partial charge on any atom is -0.467 e. The van der Waals surface area contributed by atoms with Crippen LogP contribution in [0, 0.1) is 0 Å². The lowest BCUT2D eigenvalue weighted by Gasteiger charge is -2.19. The van der Waals surface area contributed by atoms with Gasteiger partial charge in [-0.15, -0.1) is 0 Å². The van der Waals surface area contributed by atoms with Crippen molar-refractivity contribution in [3.05, 3.63) is 83.8 Å². The van der Waals surface area contributed by atoms with E-state index in [0.717, 1.165) is 18.2 Å². The molecule has 1 heterocycles. The van der Waals surface area contributed by atoms with Crippen LogP contribution >= 0.6 is 0 Å². The first kappa shape index (κ1) is 21.4. The van der Waals surface area contributed by atoms with Gasteiger partial charge >= 0.3 is 6.18 Å². The average Bonchev–Trinajstić information content (AvgIpc) is 3.20. The van der Waals surface area contributed by atoms with Gasteiger partial charge in [-0.05, 0) is 42.5 Å².